The van der Waals surface area contributed by atoms with Gasteiger partial charge in [0.15, 0.2) is 11.4 Å². The average Bonchev–Trinajstić information content (AvgIpc) is 3.58. The standard InChI is InChI=1S/C28H27N5O3/c1-19-6-3-7-22(20(19)2)30-14-16-31(17-15-30)28(35)25-11-10-21(36-25)18-33-26-23(8-4-12-29-26)32-13-5-9-24(32)27(33)34/h3-13H,14-18H2,1-2H3. The third-order valence-electron chi connectivity index (χ3n) is 7.16. The Hall–Kier alpha value is -4.33. The Bertz CT molecular complexity index is 1650. The summed E-state index contributed by atoms with van der Waals surface area (Å²) in [7, 11) is 0. The first-order chi connectivity index (χ1) is 17.5. The van der Waals surface area contributed by atoms with E-state index in [0.717, 1.165) is 18.6 Å². The largest absolute Gasteiger partial charge is 0.454 e. The van der Waals surface area contributed by atoms with Crippen molar-refractivity contribution < 1.29 is 9.21 Å². The van der Waals surface area contributed by atoms with E-state index in [-0.39, 0.29) is 18.0 Å². The maximum atomic E-state index is 13.2. The SMILES string of the molecule is Cc1cccc(N2CCN(C(=O)c3ccc(Cn4c(=O)c5cccn5c5cccnc54)o3)CC2)c1C. The number of carbonyl (C=O) groups excluding carboxylic acids is 1. The summed E-state index contributed by atoms with van der Waals surface area (Å²) >= 11 is 0. The van der Waals surface area contributed by atoms with Crippen molar-refractivity contribution in [2.75, 3.05) is 31.1 Å². The number of aryl methyl sites for hydroxylation is 1. The molecule has 1 amide bonds. The van der Waals surface area contributed by atoms with Gasteiger partial charge in [-0.05, 0) is 67.4 Å². The van der Waals surface area contributed by atoms with Gasteiger partial charge < -0.3 is 18.6 Å². The quantitative estimate of drug-likeness (QED) is 0.390. The fourth-order valence-electron chi connectivity index (χ4n) is 5.05. The van der Waals surface area contributed by atoms with Crippen molar-refractivity contribution in [3.8, 4) is 0 Å². The third-order valence-corrected chi connectivity index (χ3v) is 7.16. The van der Waals surface area contributed by atoms with Crippen LogP contribution in [0.1, 0.15) is 27.4 Å². The van der Waals surface area contributed by atoms with E-state index in [9.17, 15) is 9.59 Å². The lowest BCUT2D eigenvalue weighted by Crippen LogP contribution is -2.49. The number of fused-ring (bicyclic) bond motifs is 3. The molecule has 0 spiro atoms. The van der Waals surface area contributed by atoms with E-state index in [1.54, 1.807) is 29.0 Å². The summed E-state index contributed by atoms with van der Waals surface area (Å²) in [4.78, 5) is 35.0. The maximum absolute atomic E-state index is 13.2. The minimum Gasteiger partial charge on any atom is -0.454 e. The molecule has 8 heteroatoms. The van der Waals surface area contributed by atoms with Crippen LogP contribution in [0.25, 0.3) is 16.7 Å². The Morgan fingerprint density at radius 3 is 2.58 bits per heavy atom. The minimum absolute atomic E-state index is 0.126. The summed E-state index contributed by atoms with van der Waals surface area (Å²) in [5, 5.41) is 0. The van der Waals surface area contributed by atoms with Crippen LogP contribution < -0.4 is 10.5 Å². The van der Waals surface area contributed by atoms with E-state index in [0.29, 0.717) is 35.8 Å². The number of anilines is 1. The molecule has 0 atom stereocenters. The number of amides is 1. The van der Waals surface area contributed by atoms with Crippen molar-refractivity contribution in [1.82, 2.24) is 18.9 Å². The van der Waals surface area contributed by atoms with Crippen LogP contribution in [0.5, 0.6) is 0 Å². The fraction of sp³-hybridized carbons (Fsp3) is 0.250. The molecule has 0 unspecified atom stereocenters. The van der Waals surface area contributed by atoms with E-state index in [1.807, 2.05) is 33.7 Å². The van der Waals surface area contributed by atoms with Gasteiger partial charge in [-0.15, -0.1) is 0 Å². The predicted octanol–water partition coefficient (Wildman–Crippen LogP) is 3.87. The Balaban J connectivity index is 1.20. The third kappa shape index (κ3) is 3.66. The number of benzene rings is 1. The van der Waals surface area contributed by atoms with Gasteiger partial charge in [0, 0.05) is 44.3 Å². The molecule has 5 heterocycles. The molecular formula is C28H27N5O3. The molecule has 1 aromatic carbocycles. The topological polar surface area (TPSA) is 76.0 Å². The molecule has 5 aromatic rings. The molecule has 0 aliphatic carbocycles. The van der Waals surface area contributed by atoms with Crippen LogP contribution in [0, 0.1) is 13.8 Å². The highest BCUT2D eigenvalue weighted by atomic mass is 16.4. The number of aromatic nitrogens is 3. The van der Waals surface area contributed by atoms with Gasteiger partial charge in [-0.1, -0.05) is 12.1 Å². The normalized spacial score (nSPS) is 14.2. The number of furan rings is 1. The van der Waals surface area contributed by atoms with Crippen LogP contribution >= 0.6 is 0 Å². The first-order valence-electron chi connectivity index (χ1n) is 12.1. The van der Waals surface area contributed by atoms with Crippen LogP contribution in [0.4, 0.5) is 5.69 Å². The molecule has 1 aliphatic heterocycles. The zero-order valence-electron chi connectivity index (χ0n) is 20.3. The lowest BCUT2D eigenvalue weighted by molar-refractivity contribution is 0.0712. The predicted molar refractivity (Wildman–Crippen MR) is 139 cm³/mol. The second-order valence-electron chi connectivity index (χ2n) is 9.27. The van der Waals surface area contributed by atoms with E-state index in [4.69, 9.17) is 4.42 Å². The number of rotatable bonds is 4. The molecule has 1 saturated heterocycles. The Morgan fingerprint density at radius 1 is 0.944 bits per heavy atom. The highest BCUT2D eigenvalue weighted by molar-refractivity contribution is 5.91. The van der Waals surface area contributed by atoms with Crippen LogP contribution in [0.2, 0.25) is 0 Å². The molecule has 0 bridgehead atoms. The number of hydrogen-bond acceptors (Lipinski definition) is 5. The lowest BCUT2D eigenvalue weighted by atomic mass is 10.1. The van der Waals surface area contributed by atoms with Gasteiger partial charge in [0.1, 0.15) is 11.3 Å². The van der Waals surface area contributed by atoms with Crippen molar-refractivity contribution in [2.24, 2.45) is 0 Å². The maximum Gasteiger partial charge on any atom is 0.289 e. The Kier molecular flexibility index (Phi) is 5.36. The first-order valence-corrected chi connectivity index (χ1v) is 12.1. The van der Waals surface area contributed by atoms with Crippen molar-refractivity contribution in [3.63, 3.8) is 0 Å². The zero-order valence-corrected chi connectivity index (χ0v) is 20.3. The van der Waals surface area contributed by atoms with E-state index >= 15 is 0 Å². The van der Waals surface area contributed by atoms with Crippen molar-refractivity contribution in [2.45, 2.75) is 20.4 Å². The van der Waals surface area contributed by atoms with E-state index in [1.165, 1.54) is 16.8 Å². The van der Waals surface area contributed by atoms with Crippen LogP contribution in [-0.2, 0) is 6.54 Å². The summed E-state index contributed by atoms with van der Waals surface area (Å²) in [5.74, 6) is 0.704. The second-order valence-corrected chi connectivity index (χ2v) is 9.27. The van der Waals surface area contributed by atoms with E-state index < -0.39 is 0 Å². The summed E-state index contributed by atoms with van der Waals surface area (Å²) in [6, 6.07) is 17.2. The van der Waals surface area contributed by atoms with Gasteiger partial charge in [-0.25, -0.2) is 4.98 Å². The van der Waals surface area contributed by atoms with Gasteiger partial charge in [0.05, 0.1) is 12.1 Å². The summed E-state index contributed by atoms with van der Waals surface area (Å²) < 4.78 is 9.39. The van der Waals surface area contributed by atoms with Gasteiger partial charge in [-0.3, -0.25) is 14.2 Å². The van der Waals surface area contributed by atoms with Gasteiger partial charge >= 0.3 is 0 Å². The highest BCUT2D eigenvalue weighted by Crippen LogP contribution is 2.24. The Labute approximate surface area is 208 Å². The van der Waals surface area contributed by atoms with Gasteiger partial charge in [-0.2, -0.15) is 0 Å². The number of carbonyl (C=O) groups is 1. The summed E-state index contributed by atoms with van der Waals surface area (Å²) in [5.41, 5.74) is 5.60. The van der Waals surface area contributed by atoms with Crippen LogP contribution in [0.3, 0.4) is 0 Å². The number of hydrogen-bond donors (Lipinski definition) is 0. The molecule has 0 N–H and O–H groups in total. The molecule has 0 saturated carbocycles. The van der Waals surface area contributed by atoms with Gasteiger partial charge in [0.25, 0.3) is 11.5 Å². The monoisotopic (exact) mass is 481 g/mol. The smallest absolute Gasteiger partial charge is 0.289 e. The van der Waals surface area contributed by atoms with E-state index in [2.05, 4.69) is 41.9 Å². The number of pyridine rings is 1. The summed E-state index contributed by atoms with van der Waals surface area (Å²) in [6.07, 6.45) is 3.53. The van der Waals surface area contributed by atoms with Crippen LogP contribution in [-0.4, -0.2) is 50.9 Å². The van der Waals surface area contributed by atoms with Gasteiger partial charge in [0.2, 0.25) is 0 Å². The Morgan fingerprint density at radius 2 is 1.75 bits per heavy atom. The first kappa shape index (κ1) is 22.2. The molecule has 36 heavy (non-hydrogen) atoms. The molecular weight excluding hydrogens is 454 g/mol. The molecule has 1 fully saturated rings. The number of nitrogens with zero attached hydrogens (tertiary/aromatic N) is 5. The molecule has 8 nitrogen and oxygen atoms in total. The van der Waals surface area contributed by atoms with Crippen molar-refractivity contribution in [3.05, 3.63) is 100.0 Å². The number of piperazine rings is 1. The zero-order chi connectivity index (χ0) is 24.8. The molecule has 1 aliphatic rings. The fourth-order valence-corrected chi connectivity index (χ4v) is 5.05. The highest BCUT2D eigenvalue weighted by Gasteiger charge is 2.25. The molecule has 0 radical (unpaired) electrons. The lowest BCUT2D eigenvalue weighted by Gasteiger charge is -2.36. The summed E-state index contributed by atoms with van der Waals surface area (Å²) in [6.45, 7) is 7.26. The van der Waals surface area contributed by atoms with Crippen LogP contribution in [0.15, 0.2) is 76.2 Å². The molecule has 6 rings (SSSR count). The van der Waals surface area contributed by atoms with Crippen molar-refractivity contribution >= 4 is 28.3 Å². The van der Waals surface area contributed by atoms with Crippen molar-refractivity contribution in [1.29, 1.82) is 0 Å². The second kappa shape index (κ2) is 8.71. The molecule has 182 valence electrons. The molecule has 4 aromatic heterocycles. The average molecular weight is 482 g/mol. The minimum atomic E-state index is -0.155.